The summed E-state index contributed by atoms with van der Waals surface area (Å²) in [6, 6.07) is 0. The normalized spacial score (nSPS) is 22.7. The molecule has 13 heavy (non-hydrogen) atoms. The van der Waals surface area contributed by atoms with Crippen molar-refractivity contribution in [3.05, 3.63) is 0 Å². The average molecular weight is 185 g/mol. The number of rotatable bonds is 3. The van der Waals surface area contributed by atoms with Crippen molar-refractivity contribution in [2.24, 2.45) is 17.8 Å². The van der Waals surface area contributed by atoms with E-state index in [2.05, 4.69) is 33.0 Å². The lowest BCUT2D eigenvalue weighted by Crippen LogP contribution is -2.32. The van der Waals surface area contributed by atoms with E-state index >= 15 is 0 Å². The van der Waals surface area contributed by atoms with Gasteiger partial charge in [0, 0.05) is 5.92 Å². The van der Waals surface area contributed by atoms with Crippen molar-refractivity contribution in [1.29, 1.82) is 0 Å². The molecule has 3 nitrogen and oxygen atoms in total. The summed E-state index contributed by atoms with van der Waals surface area (Å²) in [5.74, 6) is 1.56. The second-order valence-electron chi connectivity index (χ2n) is 4.39. The van der Waals surface area contributed by atoms with E-state index in [0.717, 1.165) is 0 Å². The van der Waals surface area contributed by atoms with Crippen LogP contribution in [0.2, 0.25) is 0 Å². The van der Waals surface area contributed by atoms with Gasteiger partial charge in [0.05, 0.1) is 6.54 Å². The third kappa shape index (κ3) is 2.36. The quantitative estimate of drug-likeness (QED) is 0.730. The Morgan fingerprint density at radius 2 is 1.85 bits per heavy atom. The number of carbonyl (C=O) groups is 1. The van der Waals surface area contributed by atoms with Crippen LogP contribution in [0.3, 0.4) is 0 Å². The zero-order valence-electron chi connectivity index (χ0n) is 8.83. The molecule has 1 amide bonds. The van der Waals surface area contributed by atoms with Crippen LogP contribution in [0.25, 0.3) is 0 Å². The number of hydrogen-bond acceptors (Lipinski definition) is 2. The molecule has 1 atom stereocenters. The highest BCUT2D eigenvalue weighted by Crippen LogP contribution is 2.27. The maximum absolute atomic E-state index is 10.9. The summed E-state index contributed by atoms with van der Waals surface area (Å²) in [7, 11) is 0. The first-order valence-electron chi connectivity index (χ1n) is 4.97. The topological polar surface area (TPSA) is 38.3 Å². The van der Waals surface area contributed by atoms with Gasteiger partial charge in [-0.25, -0.2) is 4.79 Å². The number of carbonyl (C=O) groups excluding carboxylic acids is 1. The summed E-state index contributed by atoms with van der Waals surface area (Å²) in [5.41, 5.74) is 0. The van der Waals surface area contributed by atoms with Gasteiger partial charge in [-0.3, -0.25) is 0 Å². The Kier molecular flexibility index (Phi) is 3.17. The highest BCUT2D eigenvalue weighted by atomic mass is 16.6. The summed E-state index contributed by atoms with van der Waals surface area (Å²) in [6.07, 6.45) is -0.205. The van der Waals surface area contributed by atoms with E-state index < -0.39 is 0 Å². The lowest BCUT2D eigenvalue weighted by atomic mass is 9.81. The molecule has 1 aliphatic rings. The van der Waals surface area contributed by atoms with Crippen molar-refractivity contribution in [3.8, 4) is 0 Å². The molecule has 0 aliphatic carbocycles. The van der Waals surface area contributed by atoms with Crippen molar-refractivity contribution in [2.45, 2.75) is 33.8 Å². The SMILES string of the molecule is CC(C)C(C(C)C)C1CNC(=O)O1. The Labute approximate surface area is 79.8 Å². The van der Waals surface area contributed by atoms with Crippen molar-refractivity contribution in [2.75, 3.05) is 6.54 Å². The molecule has 1 rings (SSSR count). The van der Waals surface area contributed by atoms with Crippen LogP contribution >= 0.6 is 0 Å². The Morgan fingerprint density at radius 3 is 2.15 bits per heavy atom. The van der Waals surface area contributed by atoms with E-state index in [9.17, 15) is 4.79 Å². The molecule has 1 unspecified atom stereocenters. The highest BCUT2D eigenvalue weighted by molar-refractivity contribution is 5.69. The van der Waals surface area contributed by atoms with Gasteiger partial charge in [-0.15, -0.1) is 0 Å². The van der Waals surface area contributed by atoms with Crippen LogP contribution < -0.4 is 5.32 Å². The maximum atomic E-state index is 10.9. The lowest BCUT2D eigenvalue weighted by molar-refractivity contribution is 0.0640. The van der Waals surface area contributed by atoms with Gasteiger partial charge in [-0.05, 0) is 11.8 Å². The number of cyclic esters (lactones) is 1. The molecule has 0 saturated carbocycles. The number of alkyl carbamates (subject to hydrolysis) is 1. The summed E-state index contributed by atoms with van der Waals surface area (Å²) in [4.78, 5) is 10.9. The number of nitrogens with one attached hydrogen (secondary N) is 1. The lowest BCUT2D eigenvalue weighted by Gasteiger charge is -2.28. The summed E-state index contributed by atoms with van der Waals surface area (Å²) in [6.45, 7) is 9.38. The van der Waals surface area contributed by atoms with Crippen molar-refractivity contribution in [1.82, 2.24) is 5.32 Å². The van der Waals surface area contributed by atoms with Gasteiger partial charge >= 0.3 is 6.09 Å². The van der Waals surface area contributed by atoms with Crippen LogP contribution in [-0.4, -0.2) is 18.7 Å². The average Bonchev–Trinajstić information content (AvgIpc) is 2.34. The fourth-order valence-corrected chi connectivity index (χ4v) is 2.25. The minimum absolute atomic E-state index is 0.0625. The fraction of sp³-hybridized carbons (Fsp3) is 0.900. The van der Waals surface area contributed by atoms with E-state index in [1.165, 1.54) is 0 Å². The van der Waals surface area contributed by atoms with E-state index in [4.69, 9.17) is 4.74 Å². The van der Waals surface area contributed by atoms with E-state index in [-0.39, 0.29) is 12.2 Å². The van der Waals surface area contributed by atoms with Gasteiger partial charge < -0.3 is 10.1 Å². The molecule has 0 aromatic carbocycles. The summed E-state index contributed by atoms with van der Waals surface area (Å²) in [5, 5.41) is 2.70. The van der Waals surface area contributed by atoms with E-state index in [0.29, 0.717) is 24.3 Å². The molecule has 0 radical (unpaired) electrons. The monoisotopic (exact) mass is 185 g/mol. The van der Waals surface area contributed by atoms with Gasteiger partial charge in [0.15, 0.2) is 0 Å². The molecule has 1 aliphatic heterocycles. The second kappa shape index (κ2) is 3.99. The van der Waals surface area contributed by atoms with Crippen LogP contribution in [-0.2, 0) is 4.74 Å². The molecule has 1 heterocycles. The van der Waals surface area contributed by atoms with Crippen molar-refractivity contribution in [3.63, 3.8) is 0 Å². The maximum Gasteiger partial charge on any atom is 0.407 e. The fourth-order valence-electron chi connectivity index (χ4n) is 2.25. The zero-order valence-corrected chi connectivity index (χ0v) is 8.83. The molecule has 0 aromatic rings. The largest absolute Gasteiger partial charge is 0.444 e. The second-order valence-corrected chi connectivity index (χ2v) is 4.39. The summed E-state index contributed by atoms with van der Waals surface area (Å²) < 4.78 is 5.20. The standard InChI is InChI=1S/C10H19NO2/c1-6(2)9(7(3)4)8-5-11-10(12)13-8/h6-9H,5H2,1-4H3,(H,11,12). The van der Waals surface area contributed by atoms with Crippen LogP contribution in [0.4, 0.5) is 4.79 Å². The predicted molar refractivity (Wildman–Crippen MR) is 51.4 cm³/mol. The molecule has 0 aromatic heterocycles. The van der Waals surface area contributed by atoms with Gasteiger partial charge in [0.2, 0.25) is 0 Å². The Morgan fingerprint density at radius 1 is 1.31 bits per heavy atom. The van der Waals surface area contributed by atoms with Crippen molar-refractivity contribution >= 4 is 6.09 Å². The van der Waals surface area contributed by atoms with Crippen molar-refractivity contribution < 1.29 is 9.53 Å². The molecule has 1 saturated heterocycles. The van der Waals surface area contributed by atoms with Crippen LogP contribution in [0.5, 0.6) is 0 Å². The molecule has 3 heteroatoms. The molecule has 0 bridgehead atoms. The Balaban J connectivity index is 2.60. The predicted octanol–water partition coefficient (Wildman–Crippen LogP) is 2.02. The van der Waals surface area contributed by atoms with Gasteiger partial charge in [-0.1, -0.05) is 27.7 Å². The van der Waals surface area contributed by atoms with Gasteiger partial charge in [0.1, 0.15) is 6.10 Å². The molecular weight excluding hydrogens is 166 g/mol. The minimum Gasteiger partial charge on any atom is -0.444 e. The zero-order chi connectivity index (χ0) is 10.0. The molecular formula is C10H19NO2. The first kappa shape index (κ1) is 10.4. The minimum atomic E-state index is -0.267. The Bertz CT molecular complexity index is 181. The van der Waals surface area contributed by atoms with Gasteiger partial charge in [-0.2, -0.15) is 0 Å². The Hall–Kier alpha value is -0.730. The highest BCUT2D eigenvalue weighted by Gasteiger charge is 2.34. The van der Waals surface area contributed by atoms with Crippen LogP contribution in [0.1, 0.15) is 27.7 Å². The third-order valence-corrected chi connectivity index (χ3v) is 2.67. The van der Waals surface area contributed by atoms with E-state index in [1.807, 2.05) is 0 Å². The number of ether oxygens (including phenoxy) is 1. The smallest absolute Gasteiger partial charge is 0.407 e. The first-order valence-corrected chi connectivity index (χ1v) is 4.97. The third-order valence-electron chi connectivity index (χ3n) is 2.67. The van der Waals surface area contributed by atoms with Gasteiger partial charge in [0.25, 0.3) is 0 Å². The molecule has 1 fully saturated rings. The van der Waals surface area contributed by atoms with Crippen LogP contribution in [0.15, 0.2) is 0 Å². The van der Waals surface area contributed by atoms with Crippen LogP contribution in [0, 0.1) is 17.8 Å². The molecule has 1 N–H and O–H groups in total. The first-order chi connectivity index (χ1) is 6.02. The number of hydrogen-bond donors (Lipinski definition) is 1. The summed E-state index contributed by atoms with van der Waals surface area (Å²) >= 11 is 0. The molecule has 0 spiro atoms. The number of amides is 1. The molecule has 76 valence electrons. The van der Waals surface area contributed by atoms with E-state index in [1.54, 1.807) is 0 Å².